The second kappa shape index (κ2) is 6.96. The van der Waals surface area contributed by atoms with Gasteiger partial charge >= 0.3 is 0 Å². The van der Waals surface area contributed by atoms with Gasteiger partial charge in [-0.15, -0.1) is 11.8 Å². The Kier molecular flexibility index (Phi) is 4.49. The van der Waals surface area contributed by atoms with Crippen LogP contribution in [-0.4, -0.2) is 22.1 Å². The van der Waals surface area contributed by atoms with E-state index in [0.29, 0.717) is 17.0 Å². The maximum Gasteiger partial charge on any atom is 0.257 e. The van der Waals surface area contributed by atoms with Gasteiger partial charge in [-0.3, -0.25) is 9.59 Å². The number of para-hydroxylation sites is 1. The third-order valence-corrected chi connectivity index (χ3v) is 5.63. The van der Waals surface area contributed by atoms with Crippen molar-refractivity contribution in [2.45, 2.75) is 18.7 Å². The molecule has 27 heavy (non-hydrogen) atoms. The van der Waals surface area contributed by atoms with Crippen LogP contribution in [0, 0.1) is 13.8 Å². The highest BCUT2D eigenvalue weighted by molar-refractivity contribution is 8.00. The highest BCUT2D eigenvalue weighted by atomic mass is 32.2. The van der Waals surface area contributed by atoms with Crippen LogP contribution in [0.2, 0.25) is 0 Å². The van der Waals surface area contributed by atoms with Crippen molar-refractivity contribution in [2.75, 3.05) is 16.4 Å². The second-order valence-corrected chi connectivity index (χ2v) is 7.47. The van der Waals surface area contributed by atoms with Crippen molar-refractivity contribution in [1.82, 2.24) is 4.57 Å². The van der Waals surface area contributed by atoms with Crippen molar-refractivity contribution in [3.05, 3.63) is 71.5 Å². The Labute approximate surface area is 161 Å². The zero-order valence-electron chi connectivity index (χ0n) is 15.1. The zero-order valence-corrected chi connectivity index (χ0v) is 15.9. The maximum atomic E-state index is 12.8. The fraction of sp³-hybridized carbons (Fsp3) is 0.143. The molecule has 0 spiro atoms. The summed E-state index contributed by atoms with van der Waals surface area (Å²) in [6.07, 6.45) is 0. The Morgan fingerprint density at radius 2 is 1.89 bits per heavy atom. The lowest BCUT2D eigenvalue weighted by molar-refractivity contribution is -0.113. The standard InChI is InChI=1S/C21H19N3O2S/c1-13-10-17(14(2)24(13)16-6-4-3-5-7-16)21(26)22-15-8-9-19-18(11-15)23-20(25)12-27-19/h3-11H,12H2,1-2H3,(H,22,26)(H,23,25). The van der Waals surface area contributed by atoms with E-state index in [2.05, 4.69) is 15.2 Å². The minimum Gasteiger partial charge on any atom is -0.324 e. The quantitative estimate of drug-likeness (QED) is 0.711. The normalized spacial score (nSPS) is 13.0. The predicted molar refractivity (Wildman–Crippen MR) is 109 cm³/mol. The molecular weight excluding hydrogens is 358 g/mol. The molecule has 0 fully saturated rings. The number of carbonyl (C=O) groups excluding carboxylic acids is 2. The van der Waals surface area contributed by atoms with Crippen LogP contribution in [0.5, 0.6) is 0 Å². The van der Waals surface area contributed by atoms with E-state index in [1.807, 2.05) is 62.4 Å². The van der Waals surface area contributed by atoms with E-state index in [9.17, 15) is 9.59 Å². The summed E-state index contributed by atoms with van der Waals surface area (Å²) in [5.41, 5.74) is 4.94. The topological polar surface area (TPSA) is 63.1 Å². The summed E-state index contributed by atoms with van der Waals surface area (Å²) in [5, 5.41) is 5.79. The monoisotopic (exact) mass is 377 g/mol. The number of nitrogens with one attached hydrogen (secondary N) is 2. The minimum absolute atomic E-state index is 0.0256. The summed E-state index contributed by atoms with van der Waals surface area (Å²) < 4.78 is 2.07. The third kappa shape index (κ3) is 3.36. The van der Waals surface area contributed by atoms with Gasteiger partial charge in [0.2, 0.25) is 5.91 Å². The summed E-state index contributed by atoms with van der Waals surface area (Å²) in [6.45, 7) is 3.93. The molecule has 0 bridgehead atoms. The number of thioether (sulfide) groups is 1. The zero-order chi connectivity index (χ0) is 19.0. The van der Waals surface area contributed by atoms with E-state index in [1.165, 1.54) is 11.8 Å². The number of rotatable bonds is 3. The molecule has 2 amide bonds. The molecule has 6 heteroatoms. The van der Waals surface area contributed by atoms with Crippen LogP contribution in [0.25, 0.3) is 5.69 Å². The fourth-order valence-corrected chi connectivity index (χ4v) is 4.11. The molecule has 136 valence electrons. The minimum atomic E-state index is -0.167. The Balaban J connectivity index is 1.61. The molecule has 2 heterocycles. The lowest BCUT2D eigenvalue weighted by atomic mass is 10.2. The third-order valence-electron chi connectivity index (χ3n) is 4.56. The highest BCUT2D eigenvalue weighted by Crippen LogP contribution is 2.33. The molecule has 4 rings (SSSR count). The summed E-state index contributed by atoms with van der Waals surface area (Å²) in [5.74, 6) is 0.229. The summed E-state index contributed by atoms with van der Waals surface area (Å²) in [4.78, 5) is 25.4. The molecule has 5 nitrogen and oxygen atoms in total. The van der Waals surface area contributed by atoms with E-state index >= 15 is 0 Å². The molecule has 1 aliphatic rings. The number of anilines is 2. The van der Waals surface area contributed by atoms with Crippen molar-refractivity contribution < 1.29 is 9.59 Å². The predicted octanol–water partition coefficient (Wildman–Crippen LogP) is 4.39. The molecule has 1 aromatic heterocycles. The van der Waals surface area contributed by atoms with Crippen LogP contribution in [0.3, 0.4) is 0 Å². The number of carbonyl (C=O) groups is 2. The SMILES string of the molecule is Cc1cc(C(=O)Nc2ccc3c(c2)NC(=O)CS3)c(C)n1-c1ccccc1. The summed E-state index contributed by atoms with van der Waals surface area (Å²) in [6, 6.07) is 17.4. The first-order valence-electron chi connectivity index (χ1n) is 8.65. The number of amides is 2. The number of hydrogen-bond donors (Lipinski definition) is 2. The van der Waals surface area contributed by atoms with Gasteiger partial charge in [-0.25, -0.2) is 0 Å². The van der Waals surface area contributed by atoms with Crippen LogP contribution < -0.4 is 10.6 Å². The van der Waals surface area contributed by atoms with Gasteiger partial charge in [-0.05, 0) is 50.2 Å². The number of benzene rings is 2. The molecule has 3 aromatic rings. The van der Waals surface area contributed by atoms with Crippen LogP contribution in [-0.2, 0) is 4.79 Å². The molecule has 0 atom stereocenters. The summed E-state index contributed by atoms with van der Waals surface area (Å²) >= 11 is 1.50. The lowest BCUT2D eigenvalue weighted by Crippen LogP contribution is -2.19. The number of hydrogen-bond acceptors (Lipinski definition) is 3. The number of aromatic nitrogens is 1. The van der Waals surface area contributed by atoms with Gasteiger partial charge in [0.25, 0.3) is 5.91 Å². The van der Waals surface area contributed by atoms with Crippen molar-refractivity contribution >= 4 is 35.0 Å². The molecular formula is C21H19N3O2S. The van der Waals surface area contributed by atoms with Gasteiger partial charge in [-0.2, -0.15) is 0 Å². The van der Waals surface area contributed by atoms with E-state index in [0.717, 1.165) is 27.7 Å². The van der Waals surface area contributed by atoms with Crippen molar-refractivity contribution in [1.29, 1.82) is 0 Å². The van der Waals surface area contributed by atoms with Crippen LogP contribution >= 0.6 is 11.8 Å². The second-order valence-electron chi connectivity index (χ2n) is 6.46. The Morgan fingerprint density at radius 3 is 2.67 bits per heavy atom. The number of fused-ring (bicyclic) bond motifs is 1. The van der Waals surface area contributed by atoms with Crippen molar-refractivity contribution in [3.63, 3.8) is 0 Å². The molecule has 2 N–H and O–H groups in total. The van der Waals surface area contributed by atoms with Crippen molar-refractivity contribution in [3.8, 4) is 5.69 Å². The van der Waals surface area contributed by atoms with Gasteiger partial charge in [0.05, 0.1) is 17.0 Å². The van der Waals surface area contributed by atoms with Crippen molar-refractivity contribution in [2.24, 2.45) is 0 Å². The van der Waals surface area contributed by atoms with E-state index in [4.69, 9.17) is 0 Å². The number of aryl methyl sites for hydroxylation is 1. The Bertz CT molecular complexity index is 1040. The molecule has 0 saturated heterocycles. The highest BCUT2D eigenvalue weighted by Gasteiger charge is 2.19. The lowest BCUT2D eigenvalue weighted by Gasteiger charge is -2.17. The Morgan fingerprint density at radius 1 is 1.11 bits per heavy atom. The average Bonchev–Trinajstić information content (AvgIpc) is 2.96. The summed E-state index contributed by atoms with van der Waals surface area (Å²) in [7, 11) is 0. The molecule has 0 saturated carbocycles. The van der Waals surface area contributed by atoms with E-state index < -0.39 is 0 Å². The first-order valence-corrected chi connectivity index (χ1v) is 9.64. The Hall–Kier alpha value is -2.99. The first-order chi connectivity index (χ1) is 13.0. The van der Waals surface area contributed by atoms with Crippen LogP contribution in [0.15, 0.2) is 59.5 Å². The number of nitrogens with zero attached hydrogens (tertiary/aromatic N) is 1. The maximum absolute atomic E-state index is 12.8. The van der Waals surface area contributed by atoms with E-state index in [1.54, 1.807) is 6.07 Å². The van der Waals surface area contributed by atoms with E-state index in [-0.39, 0.29) is 11.8 Å². The van der Waals surface area contributed by atoms with Gasteiger partial charge in [0.15, 0.2) is 0 Å². The largest absolute Gasteiger partial charge is 0.324 e. The molecule has 0 unspecified atom stereocenters. The van der Waals surface area contributed by atoms with Gasteiger partial charge in [0.1, 0.15) is 0 Å². The van der Waals surface area contributed by atoms with Gasteiger partial charge < -0.3 is 15.2 Å². The van der Waals surface area contributed by atoms with Gasteiger partial charge in [0, 0.05) is 27.7 Å². The first kappa shape index (κ1) is 17.4. The average molecular weight is 377 g/mol. The molecule has 0 radical (unpaired) electrons. The molecule has 0 aliphatic carbocycles. The van der Waals surface area contributed by atoms with Crippen LogP contribution in [0.4, 0.5) is 11.4 Å². The molecule has 2 aromatic carbocycles. The fourth-order valence-electron chi connectivity index (χ4n) is 3.33. The van der Waals surface area contributed by atoms with Gasteiger partial charge in [-0.1, -0.05) is 18.2 Å². The molecule has 1 aliphatic heterocycles. The van der Waals surface area contributed by atoms with Crippen LogP contribution in [0.1, 0.15) is 21.7 Å². The smallest absolute Gasteiger partial charge is 0.257 e.